The van der Waals surface area contributed by atoms with E-state index in [-0.39, 0.29) is 24.0 Å². The number of halogens is 2. The number of carboxylic acid groups (broad SMARTS) is 1. The molecule has 1 amide bonds. The van der Waals surface area contributed by atoms with E-state index in [2.05, 4.69) is 4.98 Å². The molecule has 8 heteroatoms. The third-order valence-electron chi connectivity index (χ3n) is 4.48. The van der Waals surface area contributed by atoms with Crippen molar-refractivity contribution in [1.82, 2.24) is 9.88 Å². The normalized spacial score (nSPS) is 17.3. The standard InChI is InChI=1S/C18H18F2N2O4/c19-12-5-3-6-13(20)16(12)17-21-14(10-26-17)18(25)22-9-2-1-4-11(22)7-8-15(23)24/h3,5-6,10-11H,1-2,4,7-9H2,(H,23,24). The Morgan fingerprint density at radius 2 is 2.00 bits per heavy atom. The number of amides is 1. The molecule has 1 aliphatic rings. The second-order valence-electron chi connectivity index (χ2n) is 6.22. The first kappa shape index (κ1) is 18.0. The number of carboxylic acids is 1. The van der Waals surface area contributed by atoms with E-state index in [1.165, 1.54) is 6.07 Å². The largest absolute Gasteiger partial charge is 0.481 e. The molecular weight excluding hydrogens is 346 g/mol. The minimum Gasteiger partial charge on any atom is -0.481 e. The van der Waals surface area contributed by atoms with Crippen LogP contribution in [-0.2, 0) is 4.79 Å². The van der Waals surface area contributed by atoms with Gasteiger partial charge >= 0.3 is 5.97 Å². The zero-order valence-corrected chi connectivity index (χ0v) is 14.0. The topological polar surface area (TPSA) is 83.6 Å². The monoisotopic (exact) mass is 364 g/mol. The van der Waals surface area contributed by atoms with Gasteiger partial charge in [0, 0.05) is 19.0 Å². The number of carbonyl (C=O) groups excluding carboxylic acids is 1. The van der Waals surface area contributed by atoms with Crippen LogP contribution in [0.5, 0.6) is 0 Å². The van der Waals surface area contributed by atoms with Gasteiger partial charge in [0.1, 0.15) is 23.5 Å². The van der Waals surface area contributed by atoms with Gasteiger partial charge in [-0.25, -0.2) is 13.8 Å². The van der Waals surface area contributed by atoms with E-state index >= 15 is 0 Å². The number of aliphatic carboxylic acids is 1. The van der Waals surface area contributed by atoms with Crippen LogP contribution < -0.4 is 0 Å². The fraction of sp³-hybridized carbons (Fsp3) is 0.389. The number of hydrogen-bond donors (Lipinski definition) is 1. The van der Waals surface area contributed by atoms with Crippen molar-refractivity contribution in [3.63, 3.8) is 0 Å². The molecule has 138 valence electrons. The lowest BCUT2D eigenvalue weighted by Gasteiger charge is -2.35. The average molecular weight is 364 g/mol. The van der Waals surface area contributed by atoms with Crippen molar-refractivity contribution in [1.29, 1.82) is 0 Å². The molecule has 2 heterocycles. The van der Waals surface area contributed by atoms with Gasteiger partial charge in [0.2, 0.25) is 5.89 Å². The Balaban J connectivity index is 1.81. The summed E-state index contributed by atoms with van der Waals surface area (Å²) in [5, 5.41) is 8.87. The van der Waals surface area contributed by atoms with E-state index in [0.29, 0.717) is 19.4 Å². The minimum atomic E-state index is -0.915. The van der Waals surface area contributed by atoms with Crippen LogP contribution in [0.2, 0.25) is 0 Å². The van der Waals surface area contributed by atoms with Crippen molar-refractivity contribution < 1.29 is 27.9 Å². The van der Waals surface area contributed by atoms with Crippen LogP contribution in [0.25, 0.3) is 11.5 Å². The number of carbonyl (C=O) groups is 2. The first-order valence-corrected chi connectivity index (χ1v) is 8.40. The molecule has 1 fully saturated rings. The number of hydrogen-bond acceptors (Lipinski definition) is 4. The molecule has 2 aromatic rings. The Bertz CT molecular complexity index is 801. The highest BCUT2D eigenvalue weighted by Gasteiger charge is 2.30. The van der Waals surface area contributed by atoms with E-state index in [1.54, 1.807) is 4.90 Å². The summed E-state index contributed by atoms with van der Waals surface area (Å²) in [6.07, 6.45) is 3.84. The van der Waals surface area contributed by atoms with Gasteiger partial charge in [0.15, 0.2) is 5.69 Å². The summed E-state index contributed by atoms with van der Waals surface area (Å²) >= 11 is 0. The van der Waals surface area contributed by atoms with Gasteiger partial charge in [0.05, 0.1) is 0 Å². The van der Waals surface area contributed by atoms with Crippen LogP contribution in [-0.4, -0.2) is 39.5 Å². The second-order valence-corrected chi connectivity index (χ2v) is 6.22. The van der Waals surface area contributed by atoms with Crippen LogP contribution in [0.3, 0.4) is 0 Å². The molecule has 0 spiro atoms. The predicted octanol–water partition coefficient (Wildman–Crippen LogP) is 3.48. The molecule has 3 rings (SSSR count). The first-order chi connectivity index (χ1) is 12.5. The molecule has 1 aliphatic heterocycles. The van der Waals surface area contributed by atoms with Gasteiger partial charge in [-0.05, 0) is 37.8 Å². The maximum Gasteiger partial charge on any atom is 0.303 e. The van der Waals surface area contributed by atoms with Crippen LogP contribution >= 0.6 is 0 Å². The summed E-state index contributed by atoms with van der Waals surface area (Å²) in [5.74, 6) is -3.30. The van der Waals surface area contributed by atoms with Crippen molar-refractivity contribution in [2.24, 2.45) is 0 Å². The summed E-state index contributed by atoms with van der Waals surface area (Å²) in [6, 6.07) is 3.19. The zero-order chi connectivity index (χ0) is 18.7. The molecule has 1 aromatic carbocycles. The number of likely N-dealkylation sites (tertiary alicyclic amines) is 1. The molecule has 1 aromatic heterocycles. The maximum atomic E-state index is 13.8. The number of benzene rings is 1. The van der Waals surface area contributed by atoms with E-state index in [0.717, 1.165) is 31.2 Å². The van der Waals surface area contributed by atoms with Gasteiger partial charge in [-0.1, -0.05) is 6.07 Å². The SMILES string of the molecule is O=C(O)CCC1CCCCN1C(=O)c1coc(-c2c(F)cccc2F)n1. The van der Waals surface area contributed by atoms with Gasteiger partial charge in [-0.3, -0.25) is 9.59 Å². The van der Waals surface area contributed by atoms with Gasteiger partial charge in [-0.2, -0.15) is 0 Å². The third kappa shape index (κ3) is 3.74. The number of oxazole rings is 1. The van der Waals surface area contributed by atoms with Crippen molar-refractivity contribution in [2.45, 2.75) is 38.1 Å². The molecule has 1 unspecified atom stereocenters. The lowest BCUT2D eigenvalue weighted by atomic mass is 9.97. The van der Waals surface area contributed by atoms with E-state index < -0.39 is 29.1 Å². The highest BCUT2D eigenvalue weighted by atomic mass is 19.1. The Labute approximate surface area is 148 Å². The molecule has 0 radical (unpaired) electrons. The Hall–Kier alpha value is -2.77. The van der Waals surface area contributed by atoms with Gasteiger partial charge in [0.25, 0.3) is 5.91 Å². The highest BCUT2D eigenvalue weighted by molar-refractivity contribution is 5.92. The van der Waals surface area contributed by atoms with E-state index in [9.17, 15) is 18.4 Å². The van der Waals surface area contributed by atoms with Crippen molar-refractivity contribution in [3.8, 4) is 11.5 Å². The first-order valence-electron chi connectivity index (χ1n) is 8.40. The molecule has 0 aliphatic carbocycles. The van der Waals surface area contributed by atoms with E-state index in [1.807, 2.05) is 0 Å². The van der Waals surface area contributed by atoms with Crippen LogP contribution in [0.4, 0.5) is 8.78 Å². The van der Waals surface area contributed by atoms with Crippen molar-refractivity contribution >= 4 is 11.9 Å². The van der Waals surface area contributed by atoms with Crippen LogP contribution in [0.15, 0.2) is 28.9 Å². The predicted molar refractivity (Wildman–Crippen MR) is 87.4 cm³/mol. The number of nitrogens with zero attached hydrogens (tertiary/aromatic N) is 2. The molecule has 1 atom stereocenters. The van der Waals surface area contributed by atoms with Crippen molar-refractivity contribution in [3.05, 3.63) is 41.8 Å². The quantitative estimate of drug-likeness (QED) is 0.878. The second kappa shape index (κ2) is 7.63. The number of piperidine rings is 1. The lowest BCUT2D eigenvalue weighted by molar-refractivity contribution is -0.137. The molecule has 0 saturated carbocycles. The summed E-state index contributed by atoms with van der Waals surface area (Å²) in [5.41, 5.74) is -0.475. The minimum absolute atomic E-state index is 0.0288. The molecule has 1 N–H and O–H groups in total. The molecule has 26 heavy (non-hydrogen) atoms. The van der Waals surface area contributed by atoms with Gasteiger partial charge in [-0.15, -0.1) is 0 Å². The summed E-state index contributed by atoms with van der Waals surface area (Å²) in [6.45, 7) is 0.485. The van der Waals surface area contributed by atoms with Gasteiger partial charge < -0.3 is 14.4 Å². The van der Waals surface area contributed by atoms with E-state index in [4.69, 9.17) is 9.52 Å². The van der Waals surface area contributed by atoms with Crippen molar-refractivity contribution in [2.75, 3.05) is 6.54 Å². The Morgan fingerprint density at radius 1 is 1.27 bits per heavy atom. The average Bonchev–Trinajstić information content (AvgIpc) is 3.09. The number of aromatic nitrogens is 1. The Kier molecular flexibility index (Phi) is 5.29. The highest BCUT2D eigenvalue weighted by Crippen LogP contribution is 2.27. The zero-order valence-electron chi connectivity index (χ0n) is 14.0. The fourth-order valence-corrected chi connectivity index (χ4v) is 3.19. The fourth-order valence-electron chi connectivity index (χ4n) is 3.19. The molecule has 0 bridgehead atoms. The summed E-state index contributed by atoms with van der Waals surface area (Å²) < 4.78 is 32.8. The third-order valence-corrected chi connectivity index (χ3v) is 4.48. The molecular formula is C18H18F2N2O4. The maximum absolute atomic E-state index is 13.8. The number of rotatable bonds is 5. The summed E-state index contributed by atoms with van der Waals surface area (Å²) in [4.78, 5) is 29.1. The molecule has 1 saturated heterocycles. The smallest absolute Gasteiger partial charge is 0.303 e. The lowest BCUT2D eigenvalue weighted by Crippen LogP contribution is -2.44. The van der Waals surface area contributed by atoms with Crippen LogP contribution in [0, 0.1) is 11.6 Å². The van der Waals surface area contributed by atoms with Crippen LogP contribution in [0.1, 0.15) is 42.6 Å². The molecule has 6 nitrogen and oxygen atoms in total. The Morgan fingerprint density at radius 3 is 2.69 bits per heavy atom. The summed E-state index contributed by atoms with van der Waals surface area (Å²) in [7, 11) is 0.